The fraction of sp³-hybridized carbons (Fsp3) is 0.333. The van der Waals surface area contributed by atoms with Gasteiger partial charge in [-0.2, -0.15) is 0 Å². The molecule has 0 aliphatic rings. The van der Waals surface area contributed by atoms with E-state index in [-0.39, 0.29) is 0 Å². The molecule has 0 amide bonds. The van der Waals surface area contributed by atoms with Crippen molar-refractivity contribution in [3.63, 3.8) is 0 Å². The second kappa shape index (κ2) is 6.55. The molecule has 0 fully saturated rings. The Balaban J connectivity index is 2.07. The lowest BCUT2D eigenvalue weighted by atomic mass is 10.1. The van der Waals surface area contributed by atoms with Gasteiger partial charge in [0.25, 0.3) is 0 Å². The molecule has 1 heteroatoms. The van der Waals surface area contributed by atoms with Crippen LogP contribution in [0.3, 0.4) is 0 Å². The van der Waals surface area contributed by atoms with E-state index in [1.165, 1.54) is 5.56 Å². The van der Waals surface area contributed by atoms with E-state index in [9.17, 15) is 0 Å². The summed E-state index contributed by atoms with van der Waals surface area (Å²) in [5.74, 6) is 0. The van der Waals surface area contributed by atoms with Crippen LogP contribution in [0.1, 0.15) is 12.0 Å². The first-order valence-electron chi connectivity index (χ1n) is 4.79. The van der Waals surface area contributed by atoms with Gasteiger partial charge in [0.2, 0.25) is 0 Å². The molecule has 0 bridgehead atoms. The topological polar surface area (TPSA) is 12.0 Å². The van der Waals surface area contributed by atoms with E-state index >= 15 is 0 Å². The molecule has 0 aliphatic carbocycles. The highest BCUT2D eigenvalue weighted by Gasteiger charge is 1.91. The highest BCUT2D eigenvalue weighted by molar-refractivity contribution is 5.14. The number of nitrogens with one attached hydrogen (secondary N) is 1. The first kappa shape index (κ1) is 10.1. The summed E-state index contributed by atoms with van der Waals surface area (Å²) in [4.78, 5) is 0. The van der Waals surface area contributed by atoms with Crippen molar-refractivity contribution in [2.75, 3.05) is 13.1 Å². The van der Waals surface area contributed by atoms with Gasteiger partial charge in [0.05, 0.1) is 6.42 Å². The minimum atomic E-state index is 1.04. The summed E-state index contributed by atoms with van der Waals surface area (Å²) in [6.45, 7) is 5.77. The molecular weight excluding hydrogens is 158 g/mol. The lowest BCUT2D eigenvalue weighted by Crippen LogP contribution is -2.18. The third-order valence-corrected chi connectivity index (χ3v) is 1.96. The smallest absolute Gasteiger partial charge is 0.0694 e. The molecule has 13 heavy (non-hydrogen) atoms. The number of unbranched alkanes of at least 4 members (excludes halogenated alkanes) is 1. The Labute approximate surface area is 81.2 Å². The van der Waals surface area contributed by atoms with E-state index < -0.39 is 0 Å². The van der Waals surface area contributed by atoms with E-state index in [2.05, 4.69) is 42.6 Å². The zero-order chi connectivity index (χ0) is 9.36. The van der Waals surface area contributed by atoms with Gasteiger partial charge < -0.3 is 5.32 Å². The van der Waals surface area contributed by atoms with Gasteiger partial charge in [0, 0.05) is 6.54 Å². The normalized spacial score (nSPS) is 9.92. The van der Waals surface area contributed by atoms with Crippen LogP contribution in [0.25, 0.3) is 0 Å². The van der Waals surface area contributed by atoms with E-state index in [0.717, 1.165) is 25.9 Å². The minimum Gasteiger partial charge on any atom is -0.312 e. The van der Waals surface area contributed by atoms with Crippen molar-refractivity contribution in [1.82, 2.24) is 5.32 Å². The molecule has 0 heterocycles. The van der Waals surface area contributed by atoms with E-state index in [0.29, 0.717) is 0 Å². The second-order valence-corrected chi connectivity index (χ2v) is 3.06. The highest BCUT2D eigenvalue weighted by atomic mass is 14.8. The molecule has 70 valence electrons. The summed E-state index contributed by atoms with van der Waals surface area (Å²) in [7, 11) is 0. The van der Waals surface area contributed by atoms with Crippen LogP contribution in [0.4, 0.5) is 0 Å². The summed E-state index contributed by atoms with van der Waals surface area (Å²) < 4.78 is 0. The molecule has 0 radical (unpaired) electrons. The maximum Gasteiger partial charge on any atom is 0.0694 e. The van der Waals surface area contributed by atoms with Crippen molar-refractivity contribution < 1.29 is 0 Å². The zero-order valence-corrected chi connectivity index (χ0v) is 8.00. The van der Waals surface area contributed by atoms with E-state index in [1.54, 1.807) is 0 Å². The molecule has 0 unspecified atom stereocenters. The quantitative estimate of drug-likeness (QED) is 0.516. The summed E-state index contributed by atoms with van der Waals surface area (Å²) >= 11 is 0. The van der Waals surface area contributed by atoms with Crippen LogP contribution in [0.5, 0.6) is 0 Å². The van der Waals surface area contributed by atoms with Crippen LogP contribution in [-0.2, 0) is 6.42 Å². The zero-order valence-electron chi connectivity index (χ0n) is 8.00. The Morgan fingerprint density at radius 2 is 1.92 bits per heavy atom. The van der Waals surface area contributed by atoms with Gasteiger partial charge in [0.1, 0.15) is 0 Å². The SMILES string of the molecule is [CH2-][CH+]CCNCCc1ccccc1. The predicted molar refractivity (Wildman–Crippen MR) is 57.3 cm³/mol. The molecule has 0 aromatic heterocycles. The number of hydrogen-bond acceptors (Lipinski definition) is 1. The fourth-order valence-electron chi connectivity index (χ4n) is 1.21. The van der Waals surface area contributed by atoms with Crippen LogP contribution in [0, 0.1) is 13.3 Å². The molecule has 0 saturated carbocycles. The number of hydrogen-bond donors (Lipinski definition) is 1. The lowest BCUT2D eigenvalue weighted by molar-refractivity contribution is 0.681. The third kappa shape index (κ3) is 4.58. The van der Waals surface area contributed by atoms with Crippen molar-refractivity contribution in [1.29, 1.82) is 0 Å². The van der Waals surface area contributed by atoms with Gasteiger partial charge in [-0.25, -0.2) is 0 Å². The van der Waals surface area contributed by atoms with E-state index in [1.807, 2.05) is 6.42 Å². The molecule has 0 aliphatic heterocycles. The van der Waals surface area contributed by atoms with Crippen LogP contribution >= 0.6 is 0 Å². The third-order valence-electron chi connectivity index (χ3n) is 1.96. The Morgan fingerprint density at radius 1 is 1.15 bits per heavy atom. The van der Waals surface area contributed by atoms with Crippen LogP contribution < -0.4 is 5.32 Å². The van der Waals surface area contributed by atoms with Gasteiger partial charge in [-0.1, -0.05) is 36.8 Å². The van der Waals surface area contributed by atoms with Crippen LogP contribution in [-0.4, -0.2) is 13.1 Å². The number of benzene rings is 1. The van der Waals surface area contributed by atoms with Gasteiger partial charge in [-0.05, 0) is 18.5 Å². The Morgan fingerprint density at radius 3 is 2.62 bits per heavy atom. The Hall–Kier alpha value is -0.950. The molecule has 1 rings (SSSR count). The minimum absolute atomic E-state index is 1.04. The van der Waals surface area contributed by atoms with Crippen molar-refractivity contribution in [3.05, 3.63) is 49.2 Å². The Bertz CT molecular complexity index is 206. The van der Waals surface area contributed by atoms with Crippen molar-refractivity contribution in [2.45, 2.75) is 12.8 Å². The Kier molecular flexibility index (Phi) is 5.11. The van der Waals surface area contributed by atoms with Gasteiger partial charge in [-0.3, -0.25) is 0 Å². The molecule has 0 saturated heterocycles. The van der Waals surface area contributed by atoms with Crippen molar-refractivity contribution in [2.24, 2.45) is 0 Å². The summed E-state index contributed by atoms with van der Waals surface area (Å²) in [6.07, 6.45) is 4.10. The van der Waals surface area contributed by atoms with E-state index in [4.69, 9.17) is 0 Å². The molecule has 0 atom stereocenters. The van der Waals surface area contributed by atoms with Crippen LogP contribution in [0.2, 0.25) is 0 Å². The molecule has 1 aromatic carbocycles. The standard InChI is InChI=1S/C12H17N/c1-2-3-10-13-11-9-12-7-5-4-6-8-12/h2,4-8,13H,1,3,9-11H2. The van der Waals surface area contributed by atoms with Gasteiger partial charge >= 0.3 is 0 Å². The molecule has 1 N–H and O–H groups in total. The second-order valence-electron chi connectivity index (χ2n) is 3.06. The maximum absolute atomic E-state index is 3.68. The van der Waals surface area contributed by atoms with Gasteiger partial charge in [0.15, 0.2) is 0 Å². The molecular formula is C12H17N. The lowest BCUT2D eigenvalue weighted by Gasteiger charge is -2.02. The van der Waals surface area contributed by atoms with Crippen LogP contribution in [0.15, 0.2) is 30.3 Å². The fourth-order valence-corrected chi connectivity index (χ4v) is 1.21. The average Bonchev–Trinajstić information content (AvgIpc) is 2.19. The maximum atomic E-state index is 3.68. The monoisotopic (exact) mass is 175 g/mol. The molecule has 1 aromatic rings. The molecule has 1 nitrogen and oxygen atoms in total. The summed E-state index contributed by atoms with van der Waals surface area (Å²) in [5.41, 5.74) is 1.40. The molecule has 0 spiro atoms. The first-order valence-corrected chi connectivity index (χ1v) is 4.79. The summed E-state index contributed by atoms with van der Waals surface area (Å²) in [5, 5.41) is 3.36. The largest absolute Gasteiger partial charge is 0.312 e. The van der Waals surface area contributed by atoms with Crippen molar-refractivity contribution >= 4 is 0 Å². The van der Waals surface area contributed by atoms with Crippen molar-refractivity contribution in [3.8, 4) is 0 Å². The van der Waals surface area contributed by atoms with Gasteiger partial charge in [-0.15, -0.1) is 6.92 Å². The summed E-state index contributed by atoms with van der Waals surface area (Å²) in [6, 6.07) is 10.5. The average molecular weight is 175 g/mol. The highest BCUT2D eigenvalue weighted by Crippen LogP contribution is 1.97. The predicted octanol–water partition coefficient (Wildman–Crippen LogP) is 2.25. The number of rotatable bonds is 6. The first-order chi connectivity index (χ1) is 6.43.